The lowest BCUT2D eigenvalue weighted by Gasteiger charge is -2.29. The minimum absolute atomic E-state index is 0.000852. The molecule has 0 aliphatic carbocycles. The maximum absolute atomic E-state index is 12.6. The van der Waals surface area contributed by atoms with Gasteiger partial charge in [0.2, 0.25) is 5.91 Å². The van der Waals surface area contributed by atoms with Gasteiger partial charge in [-0.05, 0) is 42.8 Å². The molecule has 2 aromatic carbocycles. The Kier molecular flexibility index (Phi) is 4.38. The van der Waals surface area contributed by atoms with Crippen LogP contribution in [0.3, 0.4) is 0 Å². The number of nitrogens with zero attached hydrogens (tertiary/aromatic N) is 2. The number of ether oxygens (including phenoxy) is 2. The fourth-order valence-corrected chi connectivity index (χ4v) is 3.22. The Labute approximate surface area is 161 Å². The molecular weight excluding hydrogens is 362 g/mol. The van der Waals surface area contributed by atoms with Crippen LogP contribution in [0.4, 0.5) is 17.1 Å². The monoisotopic (exact) mass is 381 g/mol. The van der Waals surface area contributed by atoms with E-state index in [9.17, 15) is 14.4 Å². The van der Waals surface area contributed by atoms with Crippen LogP contribution in [-0.4, -0.2) is 44.5 Å². The lowest BCUT2D eigenvalue weighted by atomic mass is 10.1. The van der Waals surface area contributed by atoms with Crippen LogP contribution >= 0.6 is 0 Å². The van der Waals surface area contributed by atoms with Crippen molar-refractivity contribution in [3.05, 3.63) is 42.0 Å². The van der Waals surface area contributed by atoms with E-state index in [2.05, 4.69) is 5.32 Å². The summed E-state index contributed by atoms with van der Waals surface area (Å²) >= 11 is 0. The van der Waals surface area contributed by atoms with Gasteiger partial charge in [0, 0.05) is 12.7 Å². The zero-order valence-electron chi connectivity index (χ0n) is 15.5. The lowest BCUT2D eigenvalue weighted by molar-refractivity contribution is -0.133. The molecule has 2 aliphatic rings. The van der Waals surface area contributed by atoms with Crippen molar-refractivity contribution in [1.29, 1.82) is 0 Å². The molecule has 2 amide bonds. The van der Waals surface area contributed by atoms with E-state index >= 15 is 0 Å². The van der Waals surface area contributed by atoms with Crippen LogP contribution in [0.15, 0.2) is 36.4 Å². The van der Waals surface area contributed by atoms with E-state index in [0.717, 1.165) is 5.56 Å². The number of likely N-dealkylation sites (N-methyl/N-ethyl adjacent to an activating group) is 1. The molecule has 144 valence electrons. The summed E-state index contributed by atoms with van der Waals surface area (Å²) in [6, 6.07) is 10.6. The second-order valence-electron chi connectivity index (χ2n) is 6.77. The second-order valence-corrected chi connectivity index (χ2v) is 6.77. The van der Waals surface area contributed by atoms with Crippen molar-refractivity contribution >= 4 is 34.8 Å². The van der Waals surface area contributed by atoms with Gasteiger partial charge in [0.05, 0.1) is 17.9 Å². The van der Waals surface area contributed by atoms with Crippen molar-refractivity contribution < 1.29 is 23.9 Å². The third-order valence-corrected chi connectivity index (χ3v) is 4.66. The van der Waals surface area contributed by atoms with Gasteiger partial charge in [-0.25, -0.2) is 4.79 Å². The van der Waals surface area contributed by atoms with Crippen LogP contribution in [0.1, 0.15) is 5.56 Å². The molecule has 0 saturated carbocycles. The van der Waals surface area contributed by atoms with Crippen LogP contribution in [0.2, 0.25) is 0 Å². The molecule has 0 spiro atoms. The highest BCUT2D eigenvalue weighted by atomic mass is 16.5. The second kappa shape index (κ2) is 6.88. The summed E-state index contributed by atoms with van der Waals surface area (Å²) in [6.45, 7) is 1.92. The van der Waals surface area contributed by atoms with Gasteiger partial charge in [-0.15, -0.1) is 0 Å². The van der Waals surface area contributed by atoms with Crippen molar-refractivity contribution in [2.45, 2.75) is 6.92 Å². The van der Waals surface area contributed by atoms with Crippen LogP contribution in [-0.2, 0) is 14.4 Å². The number of fused-ring (bicyclic) bond motifs is 2. The van der Waals surface area contributed by atoms with Gasteiger partial charge < -0.3 is 24.6 Å². The van der Waals surface area contributed by atoms with E-state index in [-0.39, 0.29) is 31.5 Å². The minimum atomic E-state index is -0.407. The van der Waals surface area contributed by atoms with E-state index < -0.39 is 5.97 Å². The molecule has 1 N–H and O–H groups in total. The van der Waals surface area contributed by atoms with Crippen LogP contribution < -0.4 is 24.6 Å². The maximum Gasteiger partial charge on any atom is 0.331 e. The number of esters is 1. The first-order chi connectivity index (χ1) is 13.4. The summed E-state index contributed by atoms with van der Waals surface area (Å²) in [6.07, 6.45) is 0. The minimum Gasteiger partial charge on any atom is -0.482 e. The van der Waals surface area contributed by atoms with Gasteiger partial charge in [-0.2, -0.15) is 0 Å². The Hall–Kier alpha value is -3.55. The smallest absolute Gasteiger partial charge is 0.331 e. The van der Waals surface area contributed by atoms with Crippen LogP contribution in [0.25, 0.3) is 0 Å². The molecule has 0 aromatic heterocycles. The molecule has 2 heterocycles. The zero-order chi connectivity index (χ0) is 19.8. The number of aryl methyl sites for hydroxylation is 1. The molecule has 0 bridgehead atoms. The lowest BCUT2D eigenvalue weighted by Crippen LogP contribution is -2.41. The Balaban J connectivity index is 1.51. The number of anilines is 3. The molecule has 2 aliphatic heterocycles. The molecule has 0 radical (unpaired) electrons. The molecule has 0 saturated heterocycles. The number of hydrogen-bond acceptors (Lipinski definition) is 6. The van der Waals surface area contributed by atoms with Gasteiger partial charge in [-0.1, -0.05) is 6.07 Å². The first kappa shape index (κ1) is 17.8. The molecule has 0 atom stereocenters. The van der Waals surface area contributed by atoms with Crippen molar-refractivity contribution in [2.75, 3.05) is 41.9 Å². The van der Waals surface area contributed by atoms with Crippen molar-refractivity contribution in [1.82, 2.24) is 0 Å². The molecule has 8 nitrogen and oxygen atoms in total. The number of nitrogens with one attached hydrogen (secondary N) is 1. The average Bonchev–Trinajstić information content (AvgIpc) is 2.65. The Bertz CT molecular complexity index is 988. The van der Waals surface area contributed by atoms with E-state index in [0.29, 0.717) is 28.6 Å². The third-order valence-electron chi connectivity index (χ3n) is 4.66. The molecule has 0 fully saturated rings. The van der Waals surface area contributed by atoms with E-state index in [1.165, 1.54) is 4.90 Å². The number of hydrogen-bond donors (Lipinski definition) is 1. The van der Waals surface area contributed by atoms with Crippen molar-refractivity contribution in [3.63, 3.8) is 0 Å². The molecule has 0 unspecified atom stereocenters. The summed E-state index contributed by atoms with van der Waals surface area (Å²) in [7, 11) is 1.66. The predicted molar refractivity (Wildman–Crippen MR) is 103 cm³/mol. The summed E-state index contributed by atoms with van der Waals surface area (Å²) in [5, 5.41) is 2.81. The number of carbonyl (C=O) groups is 3. The Morgan fingerprint density at radius 3 is 2.71 bits per heavy atom. The van der Waals surface area contributed by atoms with Gasteiger partial charge in [0.25, 0.3) is 5.91 Å². The summed E-state index contributed by atoms with van der Waals surface area (Å²) in [5.74, 6) is 0.182. The van der Waals surface area contributed by atoms with E-state index in [4.69, 9.17) is 9.47 Å². The number of carbonyl (C=O) groups excluding carboxylic acids is 3. The highest BCUT2D eigenvalue weighted by Crippen LogP contribution is 2.34. The summed E-state index contributed by atoms with van der Waals surface area (Å²) in [4.78, 5) is 39.4. The molecule has 28 heavy (non-hydrogen) atoms. The number of amides is 2. The largest absolute Gasteiger partial charge is 0.482 e. The first-order valence-electron chi connectivity index (χ1n) is 8.80. The molecule has 4 rings (SSSR count). The maximum atomic E-state index is 12.6. The number of benzene rings is 2. The van der Waals surface area contributed by atoms with E-state index in [1.54, 1.807) is 36.2 Å². The van der Waals surface area contributed by atoms with E-state index in [1.807, 2.05) is 19.1 Å². The van der Waals surface area contributed by atoms with Crippen molar-refractivity contribution in [3.8, 4) is 11.5 Å². The standard InChI is InChI=1S/C20H19N3O5/c1-12-3-5-17-15(7-12)23(10-20(26)28-17)9-18(24)21-13-4-6-16-14(8-13)22(2)19(25)11-27-16/h3-8H,9-11H2,1-2H3,(H,21,24). The summed E-state index contributed by atoms with van der Waals surface area (Å²) in [5.41, 5.74) is 2.85. The average molecular weight is 381 g/mol. The molecule has 2 aromatic rings. The fraction of sp³-hybridized carbons (Fsp3) is 0.250. The normalized spacial score (nSPS) is 15.4. The Morgan fingerprint density at radius 2 is 1.89 bits per heavy atom. The van der Waals surface area contributed by atoms with Crippen molar-refractivity contribution in [2.24, 2.45) is 0 Å². The fourth-order valence-electron chi connectivity index (χ4n) is 3.22. The highest BCUT2D eigenvalue weighted by molar-refractivity contribution is 6.00. The first-order valence-corrected chi connectivity index (χ1v) is 8.80. The topological polar surface area (TPSA) is 88.2 Å². The Morgan fingerprint density at radius 1 is 1.11 bits per heavy atom. The van der Waals surface area contributed by atoms with Gasteiger partial charge in [0.15, 0.2) is 12.4 Å². The summed E-state index contributed by atoms with van der Waals surface area (Å²) < 4.78 is 10.6. The van der Waals surface area contributed by atoms with Gasteiger partial charge in [0.1, 0.15) is 12.3 Å². The molecular formula is C20H19N3O5. The SMILES string of the molecule is Cc1ccc2c(c1)N(CC(=O)Nc1ccc3c(c1)N(C)C(=O)CO3)CC(=O)O2. The molecule has 8 heteroatoms. The van der Waals surface area contributed by atoms with Crippen LogP contribution in [0.5, 0.6) is 11.5 Å². The highest BCUT2D eigenvalue weighted by Gasteiger charge is 2.26. The zero-order valence-corrected chi connectivity index (χ0v) is 15.5. The van der Waals surface area contributed by atoms with Gasteiger partial charge >= 0.3 is 5.97 Å². The van der Waals surface area contributed by atoms with Crippen LogP contribution in [0, 0.1) is 6.92 Å². The third kappa shape index (κ3) is 3.36. The quantitative estimate of drug-likeness (QED) is 0.643. The predicted octanol–water partition coefficient (Wildman–Crippen LogP) is 1.71. The number of rotatable bonds is 3. The van der Waals surface area contributed by atoms with Gasteiger partial charge in [-0.3, -0.25) is 9.59 Å².